The van der Waals surface area contributed by atoms with E-state index in [2.05, 4.69) is 10.3 Å². The molecule has 1 atom stereocenters. The molecule has 1 N–H and O–H groups in total. The number of halogens is 5. The highest BCUT2D eigenvalue weighted by Crippen LogP contribution is 2.59. The number of amides is 1. The van der Waals surface area contributed by atoms with Gasteiger partial charge in [-0.2, -0.15) is 13.2 Å². The molecule has 1 aliphatic heterocycles. The average Bonchev–Trinajstić information content (AvgIpc) is 2.99. The van der Waals surface area contributed by atoms with Crippen molar-refractivity contribution in [1.82, 2.24) is 19.8 Å². The monoisotopic (exact) mass is 402 g/mol. The second-order valence-corrected chi connectivity index (χ2v) is 6.65. The number of carbonyl (C=O) groups excluding carboxylic acids is 1. The van der Waals surface area contributed by atoms with Crippen molar-refractivity contribution in [3.8, 4) is 0 Å². The Hall–Kier alpha value is -0.990. The van der Waals surface area contributed by atoms with E-state index in [-0.39, 0.29) is 54.4 Å². The summed E-state index contributed by atoms with van der Waals surface area (Å²) in [6.07, 6.45) is 1.24. The van der Waals surface area contributed by atoms with E-state index in [0.717, 1.165) is 36.9 Å². The van der Waals surface area contributed by atoms with Crippen LogP contribution in [0, 0.1) is 11.3 Å². The van der Waals surface area contributed by atoms with Gasteiger partial charge >= 0.3 is 6.18 Å². The van der Waals surface area contributed by atoms with E-state index >= 15 is 0 Å². The molecule has 5 nitrogen and oxygen atoms in total. The van der Waals surface area contributed by atoms with Gasteiger partial charge in [-0.25, -0.2) is 4.98 Å². The van der Waals surface area contributed by atoms with E-state index < -0.39 is 12.7 Å². The summed E-state index contributed by atoms with van der Waals surface area (Å²) in [5.74, 6) is 0.298. The van der Waals surface area contributed by atoms with Crippen molar-refractivity contribution in [2.75, 3.05) is 20.1 Å². The minimum absolute atomic E-state index is 0. The molecule has 0 aromatic carbocycles. The molecule has 1 saturated heterocycles. The van der Waals surface area contributed by atoms with Gasteiger partial charge in [-0.1, -0.05) is 0 Å². The Bertz CT molecular complexity index is 588. The molecule has 1 aromatic heterocycles. The number of aromatic nitrogens is 2. The SMILES string of the molecule is CN(Cc1nccn1CC(F)(F)F)C(=O)C1CC12CCNCC2.Cl.Cl. The summed E-state index contributed by atoms with van der Waals surface area (Å²) in [7, 11) is 1.64. The highest BCUT2D eigenvalue weighted by molar-refractivity contribution is 5.85. The molecular formula is C15H23Cl2F3N4O. The number of imidazole rings is 1. The zero-order chi connectivity index (χ0) is 16.7. The van der Waals surface area contributed by atoms with Crippen LogP contribution in [0.3, 0.4) is 0 Å². The van der Waals surface area contributed by atoms with Crippen molar-refractivity contribution in [2.45, 2.75) is 38.5 Å². The average molecular weight is 403 g/mol. The van der Waals surface area contributed by atoms with Gasteiger partial charge in [0.2, 0.25) is 5.91 Å². The molecule has 1 aromatic rings. The van der Waals surface area contributed by atoms with Crippen LogP contribution in [-0.2, 0) is 17.9 Å². The standard InChI is InChI=1S/C15H21F3N4O.2ClH/c1-21(9-12-20-6-7-22(12)10-15(16,17)18)13(23)11-8-14(11)2-4-19-5-3-14;;/h6-7,11,19H,2-5,8-10H2,1H3;2*1H. The van der Waals surface area contributed by atoms with Crippen LogP contribution in [0.15, 0.2) is 12.4 Å². The van der Waals surface area contributed by atoms with Crippen LogP contribution in [-0.4, -0.2) is 46.7 Å². The van der Waals surface area contributed by atoms with Gasteiger partial charge in [0, 0.05) is 25.4 Å². The Morgan fingerprint density at radius 1 is 1.40 bits per heavy atom. The molecule has 2 heterocycles. The van der Waals surface area contributed by atoms with Gasteiger partial charge in [-0.05, 0) is 37.8 Å². The summed E-state index contributed by atoms with van der Waals surface area (Å²) < 4.78 is 38.7. The van der Waals surface area contributed by atoms with Gasteiger partial charge in [0.25, 0.3) is 0 Å². The van der Waals surface area contributed by atoms with E-state index in [0.29, 0.717) is 0 Å². The summed E-state index contributed by atoms with van der Waals surface area (Å²) in [4.78, 5) is 18.0. The molecule has 0 bridgehead atoms. The summed E-state index contributed by atoms with van der Waals surface area (Å²) in [5.41, 5.74) is 0.123. The Labute approximate surface area is 157 Å². The molecule has 2 fully saturated rings. The van der Waals surface area contributed by atoms with E-state index in [1.165, 1.54) is 17.3 Å². The minimum Gasteiger partial charge on any atom is -0.338 e. The van der Waals surface area contributed by atoms with Crippen LogP contribution in [0.4, 0.5) is 13.2 Å². The Morgan fingerprint density at radius 3 is 2.64 bits per heavy atom. The smallest absolute Gasteiger partial charge is 0.338 e. The van der Waals surface area contributed by atoms with Crippen LogP contribution in [0.5, 0.6) is 0 Å². The fourth-order valence-corrected chi connectivity index (χ4v) is 3.56. The first-order valence-electron chi connectivity index (χ1n) is 7.83. The zero-order valence-corrected chi connectivity index (χ0v) is 15.5. The fraction of sp³-hybridized carbons (Fsp3) is 0.733. The predicted molar refractivity (Wildman–Crippen MR) is 91.9 cm³/mol. The Balaban J connectivity index is 0.00000156. The number of piperidine rings is 1. The molecule has 144 valence electrons. The maximum absolute atomic E-state index is 12.5. The molecule has 1 unspecified atom stereocenters. The van der Waals surface area contributed by atoms with Crippen molar-refractivity contribution in [3.63, 3.8) is 0 Å². The highest BCUT2D eigenvalue weighted by atomic mass is 35.5. The molecule has 1 aliphatic carbocycles. The van der Waals surface area contributed by atoms with Gasteiger partial charge in [-0.15, -0.1) is 24.8 Å². The third-order valence-electron chi connectivity index (χ3n) is 4.99. The van der Waals surface area contributed by atoms with Crippen molar-refractivity contribution < 1.29 is 18.0 Å². The normalized spacial score (nSPS) is 21.2. The number of alkyl halides is 3. The lowest BCUT2D eigenvalue weighted by atomic mass is 9.91. The second-order valence-electron chi connectivity index (χ2n) is 6.65. The third kappa shape index (κ3) is 5.01. The van der Waals surface area contributed by atoms with E-state index in [9.17, 15) is 18.0 Å². The number of hydrogen-bond donors (Lipinski definition) is 1. The topological polar surface area (TPSA) is 50.2 Å². The van der Waals surface area contributed by atoms with Gasteiger partial charge in [0.05, 0.1) is 6.54 Å². The Kier molecular flexibility index (Phi) is 7.18. The predicted octanol–water partition coefficient (Wildman–Crippen LogP) is 2.64. The summed E-state index contributed by atoms with van der Waals surface area (Å²) >= 11 is 0. The molecule has 1 saturated carbocycles. The van der Waals surface area contributed by atoms with Crippen molar-refractivity contribution >= 4 is 30.7 Å². The summed E-state index contributed by atoms with van der Waals surface area (Å²) in [6.45, 7) is 0.892. The number of nitrogens with zero attached hydrogens (tertiary/aromatic N) is 3. The minimum atomic E-state index is -4.30. The van der Waals surface area contributed by atoms with Crippen molar-refractivity contribution in [3.05, 3.63) is 18.2 Å². The molecule has 3 rings (SSSR count). The summed E-state index contributed by atoms with van der Waals surface area (Å²) in [6, 6.07) is 0. The van der Waals surface area contributed by atoms with Crippen LogP contribution >= 0.6 is 24.8 Å². The fourth-order valence-electron chi connectivity index (χ4n) is 3.56. The molecule has 2 aliphatic rings. The molecule has 25 heavy (non-hydrogen) atoms. The first-order chi connectivity index (χ1) is 10.8. The largest absolute Gasteiger partial charge is 0.406 e. The van der Waals surface area contributed by atoms with Crippen LogP contribution in [0.25, 0.3) is 0 Å². The number of nitrogens with one attached hydrogen (secondary N) is 1. The molecule has 1 spiro atoms. The second kappa shape index (κ2) is 8.14. The maximum atomic E-state index is 12.5. The van der Waals surface area contributed by atoms with E-state index in [4.69, 9.17) is 0 Å². The van der Waals surface area contributed by atoms with Gasteiger partial charge < -0.3 is 14.8 Å². The maximum Gasteiger partial charge on any atom is 0.406 e. The number of hydrogen-bond acceptors (Lipinski definition) is 3. The number of rotatable bonds is 4. The highest BCUT2D eigenvalue weighted by Gasteiger charge is 2.58. The molecule has 0 radical (unpaired) electrons. The lowest BCUT2D eigenvalue weighted by Crippen LogP contribution is -2.35. The first-order valence-corrected chi connectivity index (χ1v) is 7.83. The van der Waals surface area contributed by atoms with Gasteiger partial charge in [0.1, 0.15) is 12.4 Å². The van der Waals surface area contributed by atoms with Crippen molar-refractivity contribution in [1.29, 1.82) is 0 Å². The van der Waals surface area contributed by atoms with E-state index in [1.807, 2.05) is 0 Å². The van der Waals surface area contributed by atoms with Gasteiger partial charge in [0.15, 0.2) is 0 Å². The van der Waals surface area contributed by atoms with Crippen molar-refractivity contribution in [2.24, 2.45) is 11.3 Å². The molecule has 10 heteroatoms. The zero-order valence-electron chi connectivity index (χ0n) is 13.9. The molecule has 1 amide bonds. The quantitative estimate of drug-likeness (QED) is 0.841. The third-order valence-corrected chi connectivity index (χ3v) is 4.99. The molecular weight excluding hydrogens is 380 g/mol. The first kappa shape index (κ1) is 22.1. The van der Waals surface area contributed by atoms with Crippen LogP contribution < -0.4 is 5.32 Å². The number of carbonyl (C=O) groups is 1. The van der Waals surface area contributed by atoms with Gasteiger partial charge in [-0.3, -0.25) is 4.79 Å². The van der Waals surface area contributed by atoms with E-state index in [1.54, 1.807) is 7.05 Å². The lowest BCUT2D eigenvalue weighted by molar-refractivity contribution is -0.141. The van der Waals surface area contributed by atoms with Crippen LogP contribution in [0.1, 0.15) is 25.1 Å². The lowest BCUT2D eigenvalue weighted by Gasteiger charge is -2.25. The Morgan fingerprint density at radius 2 is 2.04 bits per heavy atom. The van der Waals surface area contributed by atoms with Crippen LogP contribution in [0.2, 0.25) is 0 Å². The summed E-state index contributed by atoms with van der Waals surface area (Å²) in [5, 5.41) is 3.29.